The van der Waals surface area contributed by atoms with Gasteiger partial charge in [0, 0.05) is 42.0 Å². The Hall–Kier alpha value is -3.35. The summed E-state index contributed by atoms with van der Waals surface area (Å²) in [7, 11) is 0. The number of carbonyl (C=O) groups excluding carboxylic acids is 1. The van der Waals surface area contributed by atoms with Gasteiger partial charge in [0.05, 0.1) is 11.9 Å². The molecule has 2 aromatic heterocycles. The molecule has 2 aromatic carbocycles. The molecule has 7 heteroatoms. The molecular formula is C28H30ClN5O. The molecule has 4 aromatic rings. The van der Waals surface area contributed by atoms with Gasteiger partial charge in [0.15, 0.2) is 0 Å². The van der Waals surface area contributed by atoms with Crippen molar-refractivity contribution in [3.8, 4) is 11.5 Å². The lowest BCUT2D eigenvalue weighted by Crippen LogP contribution is -2.40. The minimum Gasteiger partial charge on any atom is -0.356 e. The summed E-state index contributed by atoms with van der Waals surface area (Å²) >= 11 is 5.94. The Balaban J connectivity index is 1.17. The van der Waals surface area contributed by atoms with E-state index in [0.29, 0.717) is 6.54 Å². The molecule has 3 heterocycles. The number of rotatable bonds is 8. The predicted octanol–water partition coefficient (Wildman–Crippen LogP) is 4.89. The van der Waals surface area contributed by atoms with E-state index in [4.69, 9.17) is 16.7 Å². The van der Waals surface area contributed by atoms with Gasteiger partial charge in [0.2, 0.25) is 5.91 Å². The quantitative estimate of drug-likeness (QED) is 0.385. The van der Waals surface area contributed by atoms with Crippen molar-refractivity contribution in [1.29, 1.82) is 0 Å². The molecule has 180 valence electrons. The molecule has 0 atom stereocenters. The highest BCUT2D eigenvalue weighted by Gasteiger charge is 2.26. The minimum absolute atomic E-state index is 0.0763. The van der Waals surface area contributed by atoms with Gasteiger partial charge in [-0.15, -0.1) is 0 Å². The highest BCUT2D eigenvalue weighted by atomic mass is 35.5. The Labute approximate surface area is 211 Å². The van der Waals surface area contributed by atoms with Crippen molar-refractivity contribution in [3.05, 3.63) is 101 Å². The number of amides is 1. The molecule has 6 nitrogen and oxygen atoms in total. The molecule has 1 aliphatic rings. The summed E-state index contributed by atoms with van der Waals surface area (Å²) < 4.78 is 4.12. The summed E-state index contributed by atoms with van der Waals surface area (Å²) in [6.45, 7) is 3.26. The van der Waals surface area contributed by atoms with Crippen LogP contribution in [0.25, 0.3) is 11.5 Å². The zero-order valence-corrected chi connectivity index (χ0v) is 20.4. The van der Waals surface area contributed by atoms with Crippen molar-refractivity contribution in [1.82, 2.24) is 24.6 Å². The van der Waals surface area contributed by atoms with E-state index < -0.39 is 0 Å². The Morgan fingerprint density at radius 2 is 1.69 bits per heavy atom. The maximum absolute atomic E-state index is 12.7. The Morgan fingerprint density at radius 1 is 0.971 bits per heavy atom. The fourth-order valence-electron chi connectivity index (χ4n) is 4.72. The fraction of sp³-hybridized carbons (Fsp3) is 0.286. The molecule has 1 aliphatic heterocycles. The average Bonchev–Trinajstić information content (AvgIpc) is 3.56. The van der Waals surface area contributed by atoms with Crippen molar-refractivity contribution in [2.45, 2.75) is 25.8 Å². The van der Waals surface area contributed by atoms with Gasteiger partial charge in [0.25, 0.3) is 0 Å². The molecule has 1 amide bonds. The van der Waals surface area contributed by atoms with E-state index in [1.54, 1.807) is 0 Å². The molecule has 0 spiro atoms. The first kappa shape index (κ1) is 23.4. The van der Waals surface area contributed by atoms with Crippen molar-refractivity contribution in [3.63, 3.8) is 0 Å². The summed E-state index contributed by atoms with van der Waals surface area (Å²) in [5.41, 5.74) is 3.39. The third-order valence-electron chi connectivity index (χ3n) is 6.65. The molecule has 0 bridgehead atoms. The van der Waals surface area contributed by atoms with Gasteiger partial charge in [-0.1, -0.05) is 41.9 Å². The maximum atomic E-state index is 12.7. The summed E-state index contributed by atoms with van der Waals surface area (Å²) in [6, 6.07) is 22.1. The molecular weight excluding hydrogens is 458 g/mol. The standard InChI is InChI=1S/C28H30ClN5O/c29-25-10-8-22(9-11-25)12-15-30-27(35)23-13-18-32(19-14-23)21-24-20-31-34(26-6-2-1-3-7-26)28(24)33-16-4-5-17-33/h1-11,16-17,20,23H,12-15,18-19,21H2,(H,30,35). The first-order valence-electron chi connectivity index (χ1n) is 12.2. The third-order valence-corrected chi connectivity index (χ3v) is 6.90. The Bertz CT molecular complexity index is 1230. The van der Waals surface area contributed by atoms with Crippen LogP contribution in [-0.2, 0) is 17.8 Å². The van der Waals surface area contributed by atoms with Crippen LogP contribution in [0, 0.1) is 5.92 Å². The number of piperidine rings is 1. The minimum atomic E-state index is 0.0763. The van der Waals surface area contributed by atoms with Gasteiger partial charge in [-0.2, -0.15) is 5.10 Å². The van der Waals surface area contributed by atoms with Gasteiger partial charge in [0.1, 0.15) is 5.82 Å². The van der Waals surface area contributed by atoms with Crippen LogP contribution in [0.1, 0.15) is 24.0 Å². The normalized spacial score (nSPS) is 14.8. The van der Waals surface area contributed by atoms with E-state index in [0.717, 1.165) is 55.4 Å². The van der Waals surface area contributed by atoms with Gasteiger partial charge >= 0.3 is 0 Å². The van der Waals surface area contributed by atoms with Crippen LogP contribution in [-0.4, -0.2) is 44.8 Å². The topological polar surface area (TPSA) is 55.1 Å². The number of para-hydroxylation sites is 1. The molecule has 0 aliphatic carbocycles. The molecule has 0 saturated carbocycles. The summed E-state index contributed by atoms with van der Waals surface area (Å²) in [4.78, 5) is 15.1. The second-order valence-electron chi connectivity index (χ2n) is 9.05. The van der Waals surface area contributed by atoms with Crippen LogP contribution in [0.5, 0.6) is 0 Å². The van der Waals surface area contributed by atoms with Crippen molar-refractivity contribution < 1.29 is 4.79 Å². The number of aromatic nitrogens is 3. The average molecular weight is 488 g/mol. The first-order valence-corrected chi connectivity index (χ1v) is 12.6. The van der Waals surface area contributed by atoms with Gasteiger partial charge in [-0.3, -0.25) is 9.69 Å². The van der Waals surface area contributed by atoms with Crippen LogP contribution in [0.3, 0.4) is 0 Å². The van der Waals surface area contributed by atoms with E-state index >= 15 is 0 Å². The maximum Gasteiger partial charge on any atom is 0.223 e. The van der Waals surface area contributed by atoms with E-state index in [1.807, 2.05) is 65.5 Å². The van der Waals surface area contributed by atoms with Crippen molar-refractivity contribution in [2.24, 2.45) is 5.92 Å². The van der Waals surface area contributed by atoms with Crippen LogP contribution in [0.2, 0.25) is 5.02 Å². The number of halogens is 1. The van der Waals surface area contributed by atoms with Crippen LogP contribution in [0.15, 0.2) is 85.3 Å². The summed E-state index contributed by atoms with van der Waals surface area (Å²) in [5, 5.41) is 8.57. The zero-order valence-electron chi connectivity index (χ0n) is 19.7. The third kappa shape index (κ3) is 5.66. The number of likely N-dealkylation sites (tertiary alicyclic amines) is 1. The SMILES string of the molecule is O=C(NCCc1ccc(Cl)cc1)C1CCN(Cc2cnn(-c3ccccc3)c2-n2cccc2)CC1. The number of benzene rings is 2. The predicted molar refractivity (Wildman–Crippen MR) is 139 cm³/mol. The lowest BCUT2D eigenvalue weighted by molar-refractivity contribution is -0.126. The highest BCUT2D eigenvalue weighted by Crippen LogP contribution is 2.24. The second kappa shape index (κ2) is 10.9. The lowest BCUT2D eigenvalue weighted by Gasteiger charge is -2.31. The summed E-state index contributed by atoms with van der Waals surface area (Å²) in [6.07, 6.45) is 8.64. The second-order valence-corrected chi connectivity index (χ2v) is 9.49. The van der Waals surface area contributed by atoms with Crippen LogP contribution < -0.4 is 5.32 Å². The number of hydrogen-bond acceptors (Lipinski definition) is 3. The number of hydrogen-bond donors (Lipinski definition) is 1. The molecule has 35 heavy (non-hydrogen) atoms. The van der Waals surface area contributed by atoms with Crippen molar-refractivity contribution >= 4 is 17.5 Å². The molecule has 1 fully saturated rings. The smallest absolute Gasteiger partial charge is 0.223 e. The number of carbonyl (C=O) groups is 1. The molecule has 0 unspecified atom stereocenters. The van der Waals surface area contributed by atoms with E-state index in [1.165, 1.54) is 11.1 Å². The van der Waals surface area contributed by atoms with E-state index in [9.17, 15) is 4.79 Å². The fourth-order valence-corrected chi connectivity index (χ4v) is 4.84. The molecule has 1 saturated heterocycles. The summed E-state index contributed by atoms with van der Waals surface area (Å²) in [5.74, 6) is 1.30. The molecule has 0 radical (unpaired) electrons. The van der Waals surface area contributed by atoms with Crippen LogP contribution in [0.4, 0.5) is 0 Å². The highest BCUT2D eigenvalue weighted by molar-refractivity contribution is 6.30. The van der Waals surface area contributed by atoms with Gasteiger partial charge in [-0.05, 0) is 74.3 Å². The first-order chi connectivity index (χ1) is 17.2. The molecule has 5 rings (SSSR count). The monoisotopic (exact) mass is 487 g/mol. The van der Waals surface area contributed by atoms with Crippen molar-refractivity contribution in [2.75, 3.05) is 19.6 Å². The van der Waals surface area contributed by atoms with Gasteiger partial charge in [-0.25, -0.2) is 4.68 Å². The zero-order chi connectivity index (χ0) is 24.0. The Kier molecular flexibility index (Phi) is 7.31. The van der Waals surface area contributed by atoms with E-state index in [2.05, 4.69) is 39.3 Å². The number of nitrogens with zero attached hydrogens (tertiary/aromatic N) is 4. The lowest BCUT2D eigenvalue weighted by atomic mass is 9.95. The Morgan fingerprint density at radius 3 is 2.40 bits per heavy atom. The molecule has 1 N–H and O–H groups in total. The van der Waals surface area contributed by atoms with E-state index in [-0.39, 0.29) is 11.8 Å². The largest absolute Gasteiger partial charge is 0.356 e. The van der Waals surface area contributed by atoms with Crippen LogP contribution >= 0.6 is 11.6 Å². The number of nitrogens with one attached hydrogen (secondary N) is 1. The van der Waals surface area contributed by atoms with Gasteiger partial charge < -0.3 is 9.88 Å².